The molecular formula is C21H25NO3S2. The normalized spacial score (nSPS) is 12.6. The van der Waals surface area contributed by atoms with Gasteiger partial charge < -0.3 is 10.1 Å². The van der Waals surface area contributed by atoms with Crippen LogP contribution in [0.1, 0.15) is 52.5 Å². The van der Waals surface area contributed by atoms with E-state index in [1.54, 1.807) is 6.92 Å². The minimum atomic E-state index is -0.314. The first-order valence-electron chi connectivity index (χ1n) is 9.42. The third kappa shape index (κ3) is 5.36. The summed E-state index contributed by atoms with van der Waals surface area (Å²) in [5.41, 5.74) is 2.97. The van der Waals surface area contributed by atoms with Gasteiger partial charge in [0.25, 0.3) is 0 Å². The van der Waals surface area contributed by atoms with Crippen molar-refractivity contribution >= 4 is 40.0 Å². The summed E-state index contributed by atoms with van der Waals surface area (Å²) < 4.78 is 5.20. The van der Waals surface area contributed by atoms with Crippen molar-refractivity contribution in [2.45, 2.75) is 44.8 Å². The SMILES string of the molecule is CCOC(=O)c1c(NC(=O)CCCSCc2ccccc2)sc2c1CCC2. The Kier molecular flexibility index (Phi) is 7.35. The lowest BCUT2D eigenvalue weighted by molar-refractivity contribution is -0.116. The van der Waals surface area contributed by atoms with E-state index in [4.69, 9.17) is 4.74 Å². The van der Waals surface area contributed by atoms with Gasteiger partial charge in [0.2, 0.25) is 5.91 Å². The summed E-state index contributed by atoms with van der Waals surface area (Å²) >= 11 is 3.37. The molecule has 27 heavy (non-hydrogen) atoms. The third-order valence-corrected chi connectivity index (χ3v) is 6.78. The molecule has 0 spiro atoms. The minimum absolute atomic E-state index is 0.0271. The molecule has 1 aromatic heterocycles. The number of nitrogens with one attached hydrogen (secondary N) is 1. The first kappa shape index (κ1) is 20.0. The van der Waals surface area contributed by atoms with E-state index < -0.39 is 0 Å². The highest BCUT2D eigenvalue weighted by molar-refractivity contribution is 7.98. The Morgan fingerprint density at radius 2 is 2.04 bits per heavy atom. The summed E-state index contributed by atoms with van der Waals surface area (Å²) in [4.78, 5) is 25.9. The van der Waals surface area contributed by atoms with Gasteiger partial charge in [0.15, 0.2) is 0 Å². The first-order chi connectivity index (χ1) is 13.2. The predicted octanol–water partition coefficient (Wildman–Crippen LogP) is 5.07. The van der Waals surface area contributed by atoms with Crippen LogP contribution < -0.4 is 5.32 Å². The summed E-state index contributed by atoms with van der Waals surface area (Å²) in [7, 11) is 0. The van der Waals surface area contributed by atoms with E-state index in [9.17, 15) is 9.59 Å². The van der Waals surface area contributed by atoms with E-state index in [-0.39, 0.29) is 11.9 Å². The zero-order valence-electron chi connectivity index (χ0n) is 15.6. The van der Waals surface area contributed by atoms with Gasteiger partial charge in [-0.05, 0) is 49.5 Å². The fourth-order valence-corrected chi connectivity index (χ4v) is 5.41. The molecule has 4 nitrogen and oxygen atoms in total. The zero-order valence-corrected chi connectivity index (χ0v) is 17.2. The lowest BCUT2D eigenvalue weighted by atomic mass is 10.1. The number of aryl methyl sites for hydroxylation is 1. The molecule has 6 heteroatoms. The monoisotopic (exact) mass is 403 g/mol. The van der Waals surface area contributed by atoms with Gasteiger partial charge in [0.05, 0.1) is 12.2 Å². The molecule has 0 saturated heterocycles. The van der Waals surface area contributed by atoms with Crippen LogP contribution in [-0.4, -0.2) is 24.2 Å². The van der Waals surface area contributed by atoms with Crippen molar-refractivity contribution in [2.75, 3.05) is 17.7 Å². The summed E-state index contributed by atoms with van der Waals surface area (Å²) in [6, 6.07) is 10.3. The second-order valence-corrected chi connectivity index (χ2v) is 8.68. The molecule has 0 bridgehead atoms. The Morgan fingerprint density at radius 3 is 2.81 bits per heavy atom. The van der Waals surface area contributed by atoms with Gasteiger partial charge >= 0.3 is 5.97 Å². The molecule has 0 fully saturated rings. The van der Waals surface area contributed by atoms with Gasteiger partial charge in [0, 0.05) is 17.1 Å². The predicted molar refractivity (Wildman–Crippen MR) is 113 cm³/mol. The van der Waals surface area contributed by atoms with Gasteiger partial charge in [-0.25, -0.2) is 4.79 Å². The highest BCUT2D eigenvalue weighted by Gasteiger charge is 2.28. The van der Waals surface area contributed by atoms with Gasteiger partial charge in [-0.2, -0.15) is 11.8 Å². The van der Waals surface area contributed by atoms with Gasteiger partial charge in [-0.3, -0.25) is 4.79 Å². The number of carbonyl (C=O) groups is 2. The maximum absolute atomic E-state index is 12.3. The number of carbonyl (C=O) groups excluding carboxylic acids is 2. The van der Waals surface area contributed by atoms with Gasteiger partial charge in [-0.1, -0.05) is 30.3 Å². The number of anilines is 1. The Labute approximate surface area is 168 Å². The van der Waals surface area contributed by atoms with E-state index in [1.165, 1.54) is 21.8 Å². The first-order valence-corrected chi connectivity index (χ1v) is 11.4. The van der Waals surface area contributed by atoms with Crippen molar-refractivity contribution < 1.29 is 14.3 Å². The number of fused-ring (bicyclic) bond motifs is 1. The van der Waals surface area contributed by atoms with E-state index in [0.717, 1.165) is 42.8 Å². The number of esters is 1. The van der Waals surface area contributed by atoms with Crippen molar-refractivity contribution in [3.05, 3.63) is 51.9 Å². The van der Waals surface area contributed by atoms with E-state index in [0.29, 0.717) is 23.6 Å². The fourth-order valence-electron chi connectivity index (χ4n) is 3.20. The Bertz CT molecular complexity index is 786. The molecule has 1 amide bonds. The second kappa shape index (κ2) is 9.95. The molecule has 1 N–H and O–H groups in total. The maximum atomic E-state index is 12.3. The Hall–Kier alpha value is -1.79. The number of hydrogen-bond acceptors (Lipinski definition) is 5. The van der Waals surface area contributed by atoms with Gasteiger partial charge in [-0.15, -0.1) is 11.3 Å². The van der Waals surface area contributed by atoms with Crippen molar-refractivity contribution in [3.8, 4) is 0 Å². The van der Waals surface area contributed by atoms with Crippen LogP contribution in [0.4, 0.5) is 5.00 Å². The number of amides is 1. The lowest BCUT2D eigenvalue weighted by Gasteiger charge is -2.08. The fraction of sp³-hybridized carbons (Fsp3) is 0.429. The smallest absolute Gasteiger partial charge is 0.341 e. The molecule has 0 saturated carbocycles. The van der Waals surface area contributed by atoms with Crippen LogP contribution >= 0.6 is 23.1 Å². The van der Waals surface area contributed by atoms with Crippen LogP contribution in [0.3, 0.4) is 0 Å². The quantitative estimate of drug-likeness (QED) is 0.469. The average Bonchev–Trinajstić information content (AvgIpc) is 3.23. The number of ether oxygens (including phenoxy) is 1. The number of thioether (sulfide) groups is 1. The molecule has 1 aliphatic rings. The van der Waals surface area contributed by atoms with Gasteiger partial charge in [0.1, 0.15) is 5.00 Å². The van der Waals surface area contributed by atoms with Crippen LogP contribution in [0.5, 0.6) is 0 Å². The number of hydrogen-bond donors (Lipinski definition) is 1. The van der Waals surface area contributed by atoms with Crippen LogP contribution in [0.15, 0.2) is 30.3 Å². The zero-order chi connectivity index (χ0) is 19.1. The molecule has 0 atom stereocenters. The molecule has 2 aromatic rings. The number of rotatable bonds is 9. The summed E-state index contributed by atoms with van der Waals surface area (Å²) in [5, 5.41) is 3.62. The largest absolute Gasteiger partial charge is 0.462 e. The topological polar surface area (TPSA) is 55.4 Å². The highest BCUT2D eigenvalue weighted by atomic mass is 32.2. The van der Waals surface area contributed by atoms with Crippen LogP contribution in [-0.2, 0) is 28.1 Å². The summed E-state index contributed by atoms with van der Waals surface area (Å²) in [6.45, 7) is 2.14. The average molecular weight is 404 g/mol. The third-order valence-electron chi connectivity index (χ3n) is 4.46. The van der Waals surface area contributed by atoms with Crippen molar-refractivity contribution in [1.29, 1.82) is 0 Å². The van der Waals surface area contributed by atoms with Crippen LogP contribution in [0, 0.1) is 0 Å². The molecule has 0 radical (unpaired) electrons. The number of benzene rings is 1. The highest BCUT2D eigenvalue weighted by Crippen LogP contribution is 2.39. The van der Waals surface area contributed by atoms with Crippen molar-refractivity contribution in [2.24, 2.45) is 0 Å². The lowest BCUT2D eigenvalue weighted by Crippen LogP contribution is -2.15. The summed E-state index contributed by atoms with van der Waals surface area (Å²) in [5.74, 6) is 1.56. The van der Waals surface area contributed by atoms with Crippen LogP contribution in [0.2, 0.25) is 0 Å². The van der Waals surface area contributed by atoms with E-state index >= 15 is 0 Å². The molecule has 0 unspecified atom stereocenters. The maximum Gasteiger partial charge on any atom is 0.341 e. The molecule has 3 rings (SSSR count). The van der Waals surface area contributed by atoms with Crippen molar-refractivity contribution in [1.82, 2.24) is 0 Å². The van der Waals surface area contributed by atoms with E-state index in [1.807, 2.05) is 30.0 Å². The molecule has 1 aromatic carbocycles. The molecule has 0 aliphatic heterocycles. The second-order valence-electron chi connectivity index (χ2n) is 6.47. The molecule has 1 heterocycles. The number of thiophene rings is 1. The standard InChI is InChI=1S/C21H25NO3S2/c1-2-25-21(24)19-16-10-6-11-17(16)27-20(19)22-18(23)12-7-13-26-14-15-8-4-3-5-9-15/h3-5,8-9H,2,6-7,10-14H2,1H3,(H,22,23). The van der Waals surface area contributed by atoms with E-state index in [2.05, 4.69) is 17.4 Å². The van der Waals surface area contributed by atoms with Crippen LogP contribution in [0.25, 0.3) is 0 Å². The molecule has 1 aliphatic carbocycles. The summed E-state index contributed by atoms with van der Waals surface area (Å²) in [6.07, 6.45) is 4.24. The molecule has 144 valence electrons. The Morgan fingerprint density at radius 1 is 1.22 bits per heavy atom. The Balaban J connectivity index is 1.48. The van der Waals surface area contributed by atoms with Crippen molar-refractivity contribution in [3.63, 3.8) is 0 Å². The minimum Gasteiger partial charge on any atom is -0.462 e. The molecular weight excluding hydrogens is 378 g/mol.